The number of ether oxygens (including phenoxy) is 1. The fourth-order valence-electron chi connectivity index (χ4n) is 3.66. The van der Waals surface area contributed by atoms with Crippen molar-refractivity contribution < 1.29 is 13.9 Å². The van der Waals surface area contributed by atoms with E-state index < -0.39 is 0 Å². The Labute approximate surface area is 208 Å². The average molecular weight is 486 g/mol. The number of halogens is 1. The number of carbonyl (C=O) groups is 1. The van der Waals surface area contributed by atoms with Gasteiger partial charge in [0.1, 0.15) is 12.4 Å². The van der Waals surface area contributed by atoms with Crippen molar-refractivity contribution in [1.82, 2.24) is 15.1 Å². The van der Waals surface area contributed by atoms with E-state index in [1.165, 1.54) is 0 Å². The van der Waals surface area contributed by atoms with Crippen LogP contribution in [-0.2, 0) is 17.9 Å². The molecule has 0 aliphatic heterocycles. The van der Waals surface area contributed by atoms with Crippen molar-refractivity contribution >= 4 is 23.6 Å². The van der Waals surface area contributed by atoms with Gasteiger partial charge in [-0.25, -0.2) is 0 Å². The van der Waals surface area contributed by atoms with Gasteiger partial charge in [-0.15, -0.1) is 10.2 Å². The van der Waals surface area contributed by atoms with Crippen LogP contribution in [0, 0.1) is 0 Å². The van der Waals surface area contributed by atoms with Gasteiger partial charge in [0.05, 0.1) is 17.1 Å². The van der Waals surface area contributed by atoms with E-state index in [9.17, 15) is 4.79 Å². The molecule has 0 spiro atoms. The Bertz CT molecular complexity index is 1310. The molecule has 0 saturated heterocycles. The Kier molecular flexibility index (Phi) is 6.91. The number of hydrogen-bond donors (Lipinski definition) is 0. The van der Waals surface area contributed by atoms with Gasteiger partial charge in [-0.1, -0.05) is 66.2 Å². The van der Waals surface area contributed by atoms with Crippen LogP contribution in [0.2, 0.25) is 5.02 Å². The van der Waals surface area contributed by atoms with Crippen molar-refractivity contribution in [2.75, 3.05) is 0 Å². The highest BCUT2D eigenvalue weighted by molar-refractivity contribution is 6.33. The summed E-state index contributed by atoms with van der Waals surface area (Å²) in [7, 11) is 0. The average Bonchev–Trinajstić information content (AvgIpc) is 3.63. The van der Waals surface area contributed by atoms with Gasteiger partial charge < -0.3 is 14.1 Å². The molecule has 1 aliphatic carbocycles. The summed E-state index contributed by atoms with van der Waals surface area (Å²) in [5.74, 6) is 1.42. The Morgan fingerprint density at radius 3 is 2.49 bits per heavy atom. The standard InChI is InChI=1S/C28H24ClN3O3/c29-25-9-5-4-8-24(25)28-31-30-26(35-28)18-32(22-13-14-22)27(33)17-12-20-10-15-23(16-11-20)34-19-21-6-2-1-3-7-21/h1-12,15-17,22H,13-14,18-19H2. The van der Waals surface area contributed by atoms with Crippen LogP contribution in [0.15, 0.2) is 89.4 Å². The molecule has 3 aromatic carbocycles. The molecule has 1 aliphatic rings. The van der Waals surface area contributed by atoms with Crippen molar-refractivity contribution in [3.63, 3.8) is 0 Å². The minimum absolute atomic E-state index is 0.0885. The van der Waals surface area contributed by atoms with Crippen molar-refractivity contribution in [2.45, 2.75) is 32.0 Å². The second-order valence-electron chi connectivity index (χ2n) is 8.35. The predicted octanol–water partition coefficient (Wildman–Crippen LogP) is 6.17. The monoisotopic (exact) mass is 485 g/mol. The van der Waals surface area contributed by atoms with Crippen LogP contribution in [0.5, 0.6) is 5.75 Å². The lowest BCUT2D eigenvalue weighted by molar-refractivity contribution is -0.127. The third-order valence-corrected chi connectivity index (χ3v) is 6.02. The van der Waals surface area contributed by atoms with E-state index in [1.807, 2.05) is 78.9 Å². The highest BCUT2D eigenvalue weighted by Crippen LogP contribution is 2.30. The first-order valence-corrected chi connectivity index (χ1v) is 11.9. The van der Waals surface area contributed by atoms with Crippen LogP contribution >= 0.6 is 11.6 Å². The molecule has 1 fully saturated rings. The van der Waals surface area contributed by atoms with Gasteiger partial charge in [0.25, 0.3) is 0 Å². The van der Waals surface area contributed by atoms with Crippen LogP contribution < -0.4 is 4.74 Å². The SMILES string of the molecule is O=C(C=Cc1ccc(OCc2ccccc2)cc1)N(Cc1nnc(-c2ccccc2Cl)o1)C1CC1. The molecule has 0 N–H and O–H groups in total. The number of nitrogens with zero attached hydrogens (tertiary/aromatic N) is 3. The number of amides is 1. The number of hydrogen-bond acceptors (Lipinski definition) is 5. The third-order valence-electron chi connectivity index (χ3n) is 5.69. The molecule has 0 atom stereocenters. The van der Waals surface area contributed by atoms with Crippen LogP contribution in [0.25, 0.3) is 17.5 Å². The highest BCUT2D eigenvalue weighted by Gasteiger charge is 2.32. The lowest BCUT2D eigenvalue weighted by atomic mass is 10.2. The lowest BCUT2D eigenvalue weighted by Gasteiger charge is -2.18. The van der Waals surface area contributed by atoms with Gasteiger partial charge in [0.15, 0.2) is 0 Å². The van der Waals surface area contributed by atoms with E-state index in [1.54, 1.807) is 17.0 Å². The van der Waals surface area contributed by atoms with Crippen molar-refractivity contribution in [3.05, 3.63) is 107 Å². The molecule has 0 unspecified atom stereocenters. The highest BCUT2D eigenvalue weighted by atomic mass is 35.5. The summed E-state index contributed by atoms with van der Waals surface area (Å²) in [5.41, 5.74) is 2.70. The molecule has 1 amide bonds. The Hall–Kier alpha value is -3.90. The first-order valence-electron chi connectivity index (χ1n) is 11.5. The molecule has 0 bridgehead atoms. The second kappa shape index (κ2) is 10.6. The third kappa shape index (κ3) is 5.97. The van der Waals surface area contributed by atoms with E-state index in [0.29, 0.717) is 29.0 Å². The van der Waals surface area contributed by atoms with Crippen LogP contribution in [0.4, 0.5) is 0 Å². The van der Waals surface area contributed by atoms with E-state index in [0.717, 1.165) is 29.7 Å². The molecule has 1 saturated carbocycles. The van der Waals surface area contributed by atoms with Crippen LogP contribution in [0.3, 0.4) is 0 Å². The second-order valence-corrected chi connectivity index (χ2v) is 8.76. The predicted molar refractivity (Wildman–Crippen MR) is 135 cm³/mol. The van der Waals surface area contributed by atoms with Crippen molar-refractivity contribution in [2.24, 2.45) is 0 Å². The van der Waals surface area contributed by atoms with Gasteiger partial charge in [-0.2, -0.15) is 0 Å². The van der Waals surface area contributed by atoms with Gasteiger partial charge in [-0.3, -0.25) is 4.79 Å². The Morgan fingerprint density at radius 2 is 1.74 bits per heavy atom. The number of benzene rings is 3. The summed E-state index contributed by atoms with van der Waals surface area (Å²) in [6, 6.07) is 25.2. The number of aromatic nitrogens is 2. The topological polar surface area (TPSA) is 68.5 Å². The molecule has 1 heterocycles. The van der Waals surface area contributed by atoms with Crippen LogP contribution in [0.1, 0.15) is 29.9 Å². The smallest absolute Gasteiger partial charge is 0.249 e. The van der Waals surface area contributed by atoms with E-state index >= 15 is 0 Å². The molecule has 176 valence electrons. The maximum Gasteiger partial charge on any atom is 0.249 e. The number of carbonyl (C=O) groups excluding carboxylic acids is 1. The Balaban J connectivity index is 1.20. The summed E-state index contributed by atoms with van der Waals surface area (Å²) in [4.78, 5) is 14.7. The summed E-state index contributed by atoms with van der Waals surface area (Å²) in [6.07, 6.45) is 5.34. The van der Waals surface area contributed by atoms with Gasteiger partial charge in [-0.05, 0) is 54.3 Å². The fraction of sp³-hybridized carbons (Fsp3) is 0.179. The molecule has 4 aromatic rings. The molecular weight excluding hydrogens is 462 g/mol. The van der Waals surface area contributed by atoms with Crippen molar-refractivity contribution in [3.8, 4) is 17.2 Å². The van der Waals surface area contributed by atoms with E-state index in [2.05, 4.69) is 10.2 Å². The van der Waals surface area contributed by atoms with Crippen molar-refractivity contribution in [1.29, 1.82) is 0 Å². The zero-order valence-corrected chi connectivity index (χ0v) is 19.8. The zero-order chi connectivity index (χ0) is 24.0. The first kappa shape index (κ1) is 22.9. The Morgan fingerprint density at radius 1 is 1.00 bits per heavy atom. The molecule has 0 radical (unpaired) electrons. The fourth-order valence-corrected chi connectivity index (χ4v) is 3.88. The lowest BCUT2D eigenvalue weighted by Crippen LogP contribution is -2.31. The quantitative estimate of drug-likeness (QED) is 0.265. The summed E-state index contributed by atoms with van der Waals surface area (Å²) in [6.45, 7) is 0.774. The van der Waals surface area contributed by atoms with E-state index in [4.69, 9.17) is 20.8 Å². The van der Waals surface area contributed by atoms with Crippen LogP contribution in [-0.4, -0.2) is 27.0 Å². The minimum atomic E-state index is -0.0885. The molecule has 1 aromatic heterocycles. The van der Waals surface area contributed by atoms with Gasteiger partial charge in [0.2, 0.25) is 17.7 Å². The minimum Gasteiger partial charge on any atom is -0.489 e. The maximum atomic E-state index is 13.0. The first-order chi connectivity index (χ1) is 17.2. The van der Waals surface area contributed by atoms with Gasteiger partial charge in [0, 0.05) is 12.1 Å². The molecule has 5 rings (SSSR count). The zero-order valence-electron chi connectivity index (χ0n) is 19.0. The molecule has 35 heavy (non-hydrogen) atoms. The van der Waals surface area contributed by atoms with E-state index in [-0.39, 0.29) is 18.5 Å². The molecule has 7 heteroatoms. The summed E-state index contributed by atoms with van der Waals surface area (Å²) < 4.78 is 11.6. The number of rotatable bonds is 9. The summed E-state index contributed by atoms with van der Waals surface area (Å²) >= 11 is 6.23. The molecule has 6 nitrogen and oxygen atoms in total. The molecular formula is C28H24ClN3O3. The van der Waals surface area contributed by atoms with Gasteiger partial charge >= 0.3 is 0 Å². The normalized spacial score (nSPS) is 13.2. The maximum absolute atomic E-state index is 13.0. The largest absolute Gasteiger partial charge is 0.489 e. The summed E-state index contributed by atoms with van der Waals surface area (Å²) in [5, 5.41) is 8.77.